The maximum absolute atomic E-state index is 8.78. The molecule has 1 N–H and O–H groups in total. The van der Waals surface area contributed by atoms with E-state index in [1.54, 1.807) is 12.1 Å². The fraction of sp³-hybridized carbons (Fsp3) is 0.500. The topological polar surface area (TPSA) is 39.1 Å². The monoisotopic (exact) mass is 263 g/mol. The summed E-state index contributed by atoms with van der Waals surface area (Å²) in [7, 11) is 0. The number of rotatable bonds is 4. The molecule has 0 aliphatic carbocycles. The van der Waals surface area contributed by atoms with E-state index in [1.807, 2.05) is 6.07 Å². The molecule has 1 aliphatic rings. The Hall–Kier alpha value is -1.24. The van der Waals surface area contributed by atoms with Crippen molar-refractivity contribution in [2.45, 2.75) is 13.3 Å². The zero-order valence-corrected chi connectivity index (χ0v) is 11.4. The minimum atomic E-state index is 0.601. The van der Waals surface area contributed by atoms with Gasteiger partial charge in [-0.05, 0) is 43.6 Å². The van der Waals surface area contributed by atoms with E-state index >= 15 is 0 Å². The number of benzene rings is 1. The Kier molecular flexibility index (Phi) is 4.46. The van der Waals surface area contributed by atoms with Crippen LogP contribution in [0.5, 0.6) is 0 Å². The predicted molar refractivity (Wildman–Crippen MR) is 74.9 cm³/mol. The highest BCUT2D eigenvalue weighted by Crippen LogP contribution is 2.24. The number of nitrogens with zero attached hydrogens (tertiary/aromatic N) is 2. The first kappa shape index (κ1) is 13.2. The molecule has 0 saturated carbocycles. The smallest absolute Gasteiger partial charge is 0.0992 e. The van der Waals surface area contributed by atoms with Crippen LogP contribution in [0, 0.1) is 17.2 Å². The van der Waals surface area contributed by atoms with Crippen molar-refractivity contribution in [3.63, 3.8) is 0 Å². The van der Waals surface area contributed by atoms with Crippen LogP contribution in [-0.4, -0.2) is 31.1 Å². The molecule has 1 aromatic carbocycles. The van der Waals surface area contributed by atoms with Crippen LogP contribution >= 0.6 is 11.6 Å². The average Bonchev–Trinajstić information content (AvgIpc) is 2.85. The second kappa shape index (κ2) is 6.08. The van der Waals surface area contributed by atoms with Crippen molar-refractivity contribution < 1.29 is 0 Å². The van der Waals surface area contributed by atoms with Gasteiger partial charge >= 0.3 is 0 Å². The standard InChI is InChI=1S/C14H18ClN3/c1-2-18-6-5-12(10-18)9-17-14-4-3-11(8-16)7-13(14)15/h3-4,7,12,17H,2,5-6,9-10H2,1H3. The summed E-state index contributed by atoms with van der Waals surface area (Å²) in [6.45, 7) is 6.64. The van der Waals surface area contributed by atoms with E-state index in [-0.39, 0.29) is 0 Å². The van der Waals surface area contributed by atoms with Crippen LogP contribution in [0.25, 0.3) is 0 Å². The van der Waals surface area contributed by atoms with Gasteiger partial charge in [-0.1, -0.05) is 18.5 Å². The minimum absolute atomic E-state index is 0.601. The van der Waals surface area contributed by atoms with Crippen LogP contribution in [-0.2, 0) is 0 Å². The minimum Gasteiger partial charge on any atom is -0.384 e. The zero-order valence-electron chi connectivity index (χ0n) is 10.6. The van der Waals surface area contributed by atoms with Crippen molar-refractivity contribution in [2.75, 3.05) is 31.5 Å². The Morgan fingerprint density at radius 3 is 3.00 bits per heavy atom. The van der Waals surface area contributed by atoms with Gasteiger partial charge in [0.1, 0.15) is 0 Å². The van der Waals surface area contributed by atoms with Crippen molar-refractivity contribution in [3.05, 3.63) is 28.8 Å². The molecule has 1 fully saturated rings. The molecule has 1 aromatic rings. The van der Waals surface area contributed by atoms with Gasteiger partial charge in [0.15, 0.2) is 0 Å². The molecule has 1 saturated heterocycles. The molecule has 96 valence electrons. The Bertz CT molecular complexity index is 453. The van der Waals surface area contributed by atoms with E-state index in [4.69, 9.17) is 16.9 Å². The quantitative estimate of drug-likeness (QED) is 0.908. The zero-order chi connectivity index (χ0) is 13.0. The van der Waals surface area contributed by atoms with Crippen LogP contribution in [0.1, 0.15) is 18.9 Å². The molecule has 0 spiro atoms. The van der Waals surface area contributed by atoms with E-state index in [2.05, 4.69) is 23.2 Å². The van der Waals surface area contributed by atoms with Crippen molar-refractivity contribution in [1.29, 1.82) is 5.26 Å². The van der Waals surface area contributed by atoms with Gasteiger partial charge in [0.25, 0.3) is 0 Å². The van der Waals surface area contributed by atoms with Crippen LogP contribution in [0.4, 0.5) is 5.69 Å². The molecule has 18 heavy (non-hydrogen) atoms. The molecule has 0 amide bonds. The molecular formula is C14H18ClN3. The van der Waals surface area contributed by atoms with Gasteiger partial charge in [0, 0.05) is 13.1 Å². The first-order valence-electron chi connectivity index (χ1n) is 6.38. The van der Waals surface area contributed by atoms with Gasteiger partial charge in [-0.25, -0.2) is 0 Å². The summed E-state index contributed by atoms with van der Waals surface area (Å²) in [4.78, 5) is 2.47. The molecule has 1 heterocycles. The molecule has 1 aliphatic heterocycles. The highest BCUT2D eigenvalue weighted by atomic mass is 35.5. The second-order valence-electron chi connectivity index (χ2n) is 4.74. The highest BCUT2D eigenvalue weighted by Gasteiger charge is 2.20. The van der Waals surface area contributed by atoms with Gasteiger partial charge in [0.2, 0.25) is 0 Å². The molecule has 3 nitrogen and oxygen atoms in total. The summed E-state index contributed by atoms with van der Waals surface area (Å²) in [5, 5.41) is 12.8. The lowest BCUT2D eigenvalue weighted by atomic mass is 10.1. The van der Waals surface area contributed by atoms with Crippen molar-refractivity contribution in [1.82, 2.24) is 4.90 Å². The van der Waals surface area contributed by atoms with Crippen LogP contribution < -0.4 is 5.32 Å². The summed E-state index contributed by atoms with van der Waals surface area (Å²) in [6, 6.07) is 7.47. The number of likely N-dealkylation sites (tertiary alicyclic amines) is 1. The lowest BCUT2D eigenvalue weighted by molar-refractivity contribution is 0.345. The van der Waals surface area contributed by atoms with Gasteiger partial charge in [-0.3, -0.25) is 0 Å². The van der Waals surface area contributed by atoms with Gasteiger partial charge in [-0.15, -0.1) is 0 Å². The van der Waals surface area contributed by atoms with Crippen LogP contribution in [0.3, 0.4) is 0 Å². The Balaban J connectivity index is 1.89. The van der Waals surface area contributed by atoms with E-state index in [0.29, 0.717) is 16.5 Å². The average molecular weight is 264 g/mol. The molecule has 4 heteroatoms. The first-order valence-corrected chi connectivity index (χ1v) is 6.76. The van der Waals surface area contributed by atoms with Crippen molar-refractivity contribution >= 4 is 17.3 Å². The number of hydrogen-bond donors (Lipinski definition) is 1. The number of halogens is 1. The van der Waals surface area contributed by atoms with Crippen LogP contribution in [0.15, 0.2) is 18.2 Å². The summed E-state index contributed by atoms with van der Waals surface area (Å²) < 4.78 is 0. The second-order valence-corrected chi connectivity index (χ2v) is 5.14. The molecular weight excluding hydrogens is 246 g/mol. The maximum atomic E-state index is 8.78. The Labute approximate surface area is 113 Å². The lowest BCUT2D eigenvalue weighted by Crippen LogP contribution is -2.22. The molecule has 0 bridgehead atoms. The largest absolute Gasteiger partial charge is 0.384 e. The maximum Gasteiger partial charge on any atom is 0.0992 e. The number of hydrogen-bond acceptors (Lipinski definition) is 3. The van der Waals surface area contributed by atoms with E-state index in [0.717, 1.165) is 25.3 Å². The Morgan fingerprint density at radius 1 is 1.56 bits per heavy atom. The van der Waals surface area contributed by atoms with E-state index < -0.39 is 0 Å². The SMILES string of the molecule is CCN1CCC(CNc2ccc(C#N)cc2Cl)C1. The van der Waals surface area contributed by atoms with Crippen molar-refractivity contribution in [2.24, 2.45) is 5.92 Å². The normalized spacial score (nSPS) is 19.7. The fourth-order valence-corrected chi connectivity index (χ4v) is 2.60. The van der Waals surface area contributed by atoms with Crippen molar-refractivity contribution in [3.8, 4) is 6.07 Å². The van der Waals surface area contributed by atoms with E-state index in [1.165, 1.54) is 13.0 Å². The summed E-state index contributed by atoms with van der Waals surface area (Å²) in [5.74, 6) is 0.691. The molecule has 1 unspecified atom stereocenters. The number of nitriles is 1. The number of anilines is 1. The van der Waals surface area contributed by atoms with E-state index in [9.17, 15) is 0 Å². The highest BCUT2D eigenvalue weighted by molar-refractivity contribution is 6.33. The molecule has 1 atom stereocenters. The van der Waals surface area contributed by atoms with Crippen LogP contribution in [0.2, 0.25) is 5.02 Å². The third kappa shape index (κ3) is 3.16. The predicted octanol–water partition coefficient (Wildman–Crippen LogP) is 2.97. The Morgan fingerprint density at radius 2 is 2.39 bits per heavy atom. The fourth-order valence-electron chi connectivity index (χ4n) is 2.35. The summed E-state index contributed by atoms with van der Waals surface area (Å²) >= 11 is 6.13. The molecule has 0 radical (unpaired) electrons. The van der Waals surface area contributed by atoms with Gasteiger partial charge in [0.05, 0.1) is 22.3 Å². The lowest BCUT2D eigenvalue weighted by Gasteiger charge is -2.15. The third-order valence-corrected chi connectivity index (χ3v) is 3.81. The molecule has 0 aromatic heterocycles. The molecule has 2 rings (SSSR count). The van der Waals surface area contributed by atoms with Gasteiger partial charge < -0.3 is 10.2 Å². The first-order chi connectivity index (χ1) is 8.72. The summed E-state index contributed by atoms with van der Waals surface area (Å²) in [5.41, 5.74) is 1.52. The summed E-state index contributed by atoms with van der Waals surface area (Å²) in [6.07, 6.45) is 1.24. The number of nitrogens with one attached hydrogen (secondary N) is 1. The third-order valence-electron chi connectivity index (χ3n) is 3.50. The van der Waals surface area contributed by atoms with Gasteiger partial charge in [-0.2, -0.15) is 5.26 Å².